The van der Waals surface area contributed by atoms with Crippen LogP contribution in [0, 0.1) is 5.41 Å². The molecule has 0 atom stereocenters. The van der Waals surface area contributed by atoms with Crippen molar-refractivity contribution in [2.75, 3.05) is 57.6 Å². The van der Waals surface area contributed by atoms with Crippen LogP contribution < -0.4 is 37.2 Å². The number of carbonyl (C=O) groups excluding carboxylic acids is 5. The van der Waals surface area contributed by atoms with Crippen molar-refractivity contribution in [2.45, 2.75) is 6.42 Å². The van der Waals surface area contributed by atoms with Crippen LogP contribution >= 0.6 is 35.6 Å². The zero-order chi connectivity index (χ0) is 41.4. The Balaban J connectivity index is 0.00000744. The molecule has 5 amide bonds. The fourth-order valence-corrected chi connectivity index (χ4v) is 6.17. The SMILES string of the molecule is Cl.Cn1cc(NC(=O)c2ccc(N(CCCl)CCCl)cc2)cc1C(=O)Nc1cc(C(=O)Nc2cc(C(=O)Nc3cc(C(=O)NCCC(=N)N)n(C)n3)n(C)n2)n(C)c1. The van der Waals surface area contributed by atoms with Gasteiger partial charge in [-0.3, -0.25) is 38.7 Å². The number of aryl methyl sites for hydroxylation is 4. The summed E-state index contributed by atoms with van der Waals surface area (Å²) in [7, 11) is 6.35. The molecule has 0 spiro atoms. The third kappa shape index (κ3) is 11.0. The van der Waals surface area contributed by atoms with Crippen LogP contribution in [0.15, 0.2) is 60.9 Å². The van der Waals surface area contributed by atoms with Crippen molar-refractivity contribution in [3.8, 4) is 0 Å². The van der Waals surface area contributed by atoms with Crippen molar-refractivity contribution in [1.29, 1.82) is 5.41 Å². The van der Waals surface area contributed by atoms with Gasteiger partial charge in [0, 0.05) is 102 Å². The predicted molar refractivity (Wildman–Crippen MR) is 225 cm³/mol. The summed E-state index contributed by atoms with van der Waals surface area (Å²) < 4.78 is 5.65. The smallest absolute Gasteiger partial charge is 0.275 e. The van der Waals surface area contributed by atoms with Crippen molar-refractivity contribution in [3.63, 3.8) is 0 Å². The highest BCUT2D eigenvalue weighted by Gasteiger charge is 2.21. The van der Waals surface area contributed by atoms with Gasteiger partial charge >= 0.3 is 0 Å². The van der Waals surface area contributed by atoms with Crippen LogP contribution in [0.3, 0.4) is 0 Å². The van der Waals surface area contributed by atoms with E-state index >= 15 is 0 Å². The molecule has 0 aliphatic rings. The molecular formula is C36H43Cl3N14O5. The van der Waals surface area contributed by atoms with Gasteiger partial charge in [0.05, 0.1) is 17.2 Å². The first kappa shape index (κ1) is 44.4. The Morgan fingerprint density at radius 3 is 1.60 bits per heavy atom. The molecule has 0 aliphatic carbocycles. The van der Waals surface area contributed by atoms with E-state index in [-0.39, 0.29) is 71.5 Å². The van der Waals surface area contributed by atoms with Crippen LogP contribution in [0.1, 0.15) is 58.7 Å². The molecule has 0 saturated carbocycles. The van der Waals surface area contributed by atoms with E-state index in [1.54, 1.807) is 43.2 Å². The van der Waals surface area contributed by atoms with Gasteiger partial charge in [-0.2, -0.15) is 10.2 Å². The van der Waals surface area contributed by atoms with Gasteiger partial charge in [0.15, 0.2) is 11.6 Å². The normalized spacial score (nSPS) is 10.7. The van der Waals surface area contributed by atoms with E-state index in [0.717, 1.165) is 5.69 Å². The van der Waals surface area contributed by atoms with Crippen LogP contribution in [0.25, 0.3) is 0 Å². The summed E-state index contributed by atoms with van der Waals surface area (Å²) >= 11 is 11.8. The van der Waals surface area contributed by atoms with Gasteiger partial charge in [-0.05, 0) is 36.4 Å². The number of alkyl halides is 2. The lowest BCUT2D eigenvalue weighted by atomic mass is 10.1. The van der Waals surface area contributed by atoms with Gasteiger partial charge < -0.3 is 46.4 Å². The molecule has 0 fully saturated rings. The van der Waals surface area contributed by atoms with Crippen molar-refractivity contribution in [2.24, 2.45) is 33.9 Å². The Kier molecular flexibility index (Phi) is 15.1. The van der Waals surface area contributed by atoms with Crippen molar-refractivity contribution in [3.05, 3.63) is 89.3 Å². The molecule has 5 rings (SSSR count). The van der Waals surface area contributed by atoms with E-state index in [4.69, 9.17) is 34.3 Å². The summed E-state index contributed by atoms with van der Waals surface area (Å²) in [6.07, 6.45) is 3.37. The Hall–Kier alpha value is -6.31. The number of carbonyl (C=O) groups is 5. The van der Waals surface area contributed by atoms with Gasteiger partial charge in [0.1, 0.15) is 22.8 Å². The maximum atomic E-state index is 13.3. The number of aromatic nitrogens is 6. The summed E-state index contributed by atoms with van der Waals surface area (Å²) in [6, 6.07) is 12.8. The first-order chi connectivity index (χ1) is 27.2. The second-order valence-electron chi connectivity index (χ2n) is 12.8. The maximum Gasteiger partial charge on any atom is 0.275 e. The number of benzene rings is 1. The van der Waals surface area contributed by atoms with Gasteiger partial charge in [-0.1, -0.05) is 0 Å². The minimum atomic E-state index is -0.596. The molecule has 0 aliphatic heterocycles. The maximum absolute atomic E-state index is 13.3. The number of nitrogens with one attached hydrogen (secondary N) is 6. The molecule has 4 aromatic heterocycles. The lowest BCUT2D eigenvalue weighted by Gasteiger charge is -2.22. The topological polar surface area (TPSA) is 244 Å². The van der Waals surface area contributed by atoms with Crippen molar-refractivity contribution >= 4 is 99.7 Å². The average molecular weight is 858 g/mol. The zero-order valence-corrected chi connectivity index (χ0v) is 34.3. The van der Waals surface area contributed by atoms with Gasteiger partial charge in [-0.25, -0.2) is 0 Å². The molecule has 8 N–H and O–H groups in total. The second-order valence-corrected chi connectivity index (χ2v) is 13.5. The van der Waals surface area contributed by atoms with Crippen LogP contribution in [0.4, 0.5) is 28.7 Å². The number of halogens is 3. The standard InChI is InChI=1S/C36H42Cl2N14O5.ClH/c1-48-19-22(42-32(53)21-5-7-24(8-6-21)52(13-10-37)14-11-38)15-25(48)34(55)43-23-16-26(49(2)20-23)35(56)44-31-18-28(51(4)47-31)36(57)45-30-17-27(50(3)46-30)33(54)41-12-9-29(39)40;/h5-8,15-20H,9-14H2,1-4H3,(H3,39,40)(H,41,54)(H,42,53)(H,43,55)(H,44,47,56)(H,45,46,57);1H. The van der Waals surface area contributed by atoms with E-state index in [2.05, 4.69) is 36.8 Å². The monoisotopic (exact) mass is 856 g/mol. The van der Waals surface area contributed by atoms with E-state index in [1.807, 2.05) is 17.0 Å². The van der Waals surface area contributed by atoms with Crippen LogP contribution in [-0.4, -0.2) is 95.5 Å². The Labute approximate surface area is 349 Å². The third-order valence-corrected chi connectivity index (χ3v) is 8.92. The molecule has 0 bridgehead atoms. The Bertz CT molecular complexity index is 2300. The number of rotatable bonds is 17. The number of amidine groups is 1. The van der Waals surface area contributed by atoms with Crippen LogP contribution in [0.2, 0.25) is 0 Å². The summed E-state index contributed by atoms with van der Waals surface area (Å²) in [5, 5.41) is 29.1. The minimum Gasteiger partial charge on any atom is -0.388 e. The molecule has 0 saturated heterocycles. The number of amides is 5. The predicted octanol–water partition coefficient (Wildman–Crippen LogP) is 3.60. The highest BCUT2D eigenvalue weighted by Crippen LogP contribution is 2.21. The van der Waals surface area contributed by atoms with Gasteiger partial charge in [0.25, 0.3) is 29.5 Å². The Morgan fingerprint density at radius 2 is 1.12 bits per heavy atom. The van der Waals surface area contributed by atoms with Gasteiger partial charge in [-0.15, -0.1) is 35.6 Å². The van der Waals surface area contributed by atoms with Crippen LogP contribution in [0.5, 0.6) is 0 Å². The molecular weight excluding hydrogens is 815 g/mol. The number of anilines is 5. The van der Waals surface area contributed by atoms with Crippen LogP contribution in [-0.2, 0) is 28.2 Å². The first-order valence-corrected chi connectivity index (χ1v) is 18.5. The lowest BCUT2D eigenvalue weighted by molar-refractivity contribution is 0.0942. The zero-order valence-electron chi connectivity index (χ0n) is 31.9. The van der Waals surface area contributed by atoms with E-state index in [9.17, 15) is 24.0 Å². The van der Waals surface area contributed by atoms with Crippen molar-refractivity contribution in [1.82, 2.24) is 34.0 Å². The number of nitrogens with two attached hydrogens (primary N) is 1. The number of hydrogen-bond acceptors (Lipinski definition) is 9. The van der Waals surface area contributed by atoms with E-state index in [0.29, 0.717) is 41.8 Å². The lowest BCUT2D eigenvalue weighted by Crippen LogP contribution is -2.29. The number of hydrogen-bond donors (Lipinski definition) is 7. The third-order valence-electron chi connectivity index (χ3n) is 8.58. The fourth-order valence-electron chi connectivity index (χ4n) is 5.76. The molecule has 308 valence electrons. The quantitative estimate of drug-likeness (QED) is 0.0410. The molecule has 19 nitrogen and oxygen atoms in total. The second kappa shape index (κ2) is 19.7. The molecule has 22 heteroatoms. The average Bonchev–Trinajstić information content (AvgIpc) is 3.92. The molecule has 0 radical (unpaired) electrons. The summed E-state index contributed by atoms with van der Waals surface area (Å²) in [5.41, 5.74) is 8.09. The molecule has 0 unspecified atom stereocenters. The van der Waals surface area contributed by atoms with E-state index in [1.165, 1.54) is 52.3 Å². The van der Waals surface area contributed by atoms with Gasteiger partial charge in [0.2, 0.25) is 0 Å². The number of nitrogens with zero attached hydrogens (tertiary/aromatic N) is 7. The minimum absolute atomic E-state index is 0. The van der Waals surface area contributed by atoms with Crippen molar-refractivity contribution < 1.29 is 24.0 Å². The summed E-state index contributed by atoms with van der Waals surface area (Å²) in [5.74, 6) is -1.44. The molecule has 5 aromatic rings. The Morgan fingerprint density at radius 1 is 0.672 bits per heavy atom. The highest BCUT2D eigenvalue weighted by molar-refractivity contribution is 6.18. The summed E-state index contributed by atoms with van der Waals surface area (Å²) in [4.78, 5) is 67.1. The fraction of sp³-hybridized carbons (Fsp3) is 0.278. The summed E-state index contributed by atoms with van der Waals surface area (Å²) in [6.45, 7) is 1.41. The largest absolute Gasteiger partial charge is 0.388 e. The first-order valence-electron chi connectivity index (χ1n) is 17.4. The molecule has 58 heavy (non-hydrogen) atoms. The van der Waals surface area contributed by atoms with E-state index < -0.39 is 23.6 Å². The highest BCUT2D eigenvalue weighted by atomic mass is 35.5. The molecule has 4 heterocycles. The molecule has 1 aromatic carbocycles.